The van der Waals surface area contributed by atoms with E-state index in [4.69, 9.17) is 18.9 Å². The Morgan fingerprint density at radius 2 is 1.63 bits per heavy atom. The lowest BCUT2D eigenvalue weighted by atomic mass is 10.0. The van der Waals surface area contributed by atoms with Gasteiger partial charge in [-0.25, -0.2) is 0 Å². The number of nitrogens with zero attached hydrogens (tertiary/aromatic N) is 1. The van der Waals surface area contributed by atoms with Gasteiger partial charge in [0.05, 0.1) is 7.11 Å². The first-order valence-corrected chi connectivity index (χ1v) is 9.67. The molecule has 0 saturated heterocycles. The SMILES string of the molecule is COc1cc(OCC(=O)N(C)c2ccccc2)cc(-c2ccc3c(c2)OCCO3)c1. The first-order chi connectivity index (χ1) is 14.6. The van der Waals surface area contributed by atoms with Crippen LogP contribution in [0.2, 0.25) is 0 Å². The Labute approximate surface area is 175 Å². The van der Waals surface area contributed by atoms with Crippen molar-refractivity contribution < 1.29 is 23.7 Å². The van der Waals surface area contributed by atoms with Crippen LogP contribution in [-0.4, -0.2) is 39.9 Å². The maximum atomic E-state index is 12.5. The second kappa shape index (κ2) is 8.78. The highest BCUT2D eigenvalue weighted by molar-refractivity contribution is 5.93. The van der Waals surface area contributed by atoms with Gasteiger partial charge in [0, 0.05) is 18.8 Å². The van der Waals surface area contributed by atoms with Crippen molar-refractivity contribution in [2.75, 3.05) is 38.9 Å². The second-order valence-corrected chi connectivity index (χ2v) is 6.83. The molecule has 3 aromatic rings. The first kappa shape index (κ1) is 19.6. The van der Waals surface area contributed by atoms with Gasteiger partial charge in [0.1, 0.15) is 24.7 Å². The van der Waals surface area contributed by atoms with Crippen molar-refractivity contribution in [1.29, 1.82) is 0 Å². The molecule has 0 bridgehead atoms. The minimum Gasteiger partial charge on any atom is -0.497 e. The molecule has 0 saturated carbocycles. The van der Waals surface area contributed by atoms with Crippen molar-refractivity contribution in [3.63, 3.8) is 0 Å². The maximum absolute atomic E-state index is 12.5. The van der Waals surface area contributed by atoms with Crippen LogP contribution in [0.1, 0.15) is 0 Å². The van der Waals surface area contributed by atoms with Gasteiger partial charge in [0.25, 0.3) is 5.91 Å². The molecule has 0 unspecified atom stereocenters. The maximum Gasteiger partial charge on any atom is 0.264 e. The molecule has 0 aliphatic carbocycles. The van der Waals surface area contributed by atoms with Crippen molar-refractivity contribution in [1.82, 2.24) is 0 Å². The Hall–Kier alpha value is -3.67. The van der Waals surface area contributed by atoms with E-state index >= 15 is 0 Å². The minimum atomic E-state index is -0.148. The van der Waals surface area contributed by atoms with Gasteiger partial charge < -0.3 is 23.8 Å². The number of rotatable bonds is 6. The summed E-state index contributed by atoms with van der Waals surface area (Å²) in [7, 11) is 3.33. The molecule has 1 aliphatic heterocycles. The summed E-state index contributed by atoms with van der Waals surface area (Å²) in [6.07, 6.45) is 0. The van der Waals surface area contributed by atoms with Gasteiger partial charge in [-0.2, -0.15) is 0 Å². The third-order valence-corrected chi connectivity index (χ3v) is 4.87. The number of carbonyl (C=O) groups excluding carboxylic acids is 1. The number of ether oxygens (including phenoxy) is 4. The number of carbonyl (C=O) groups is 1. The topological polar surface area (TPSA) is 57.2 Å². The summed E-state index contributed by atoms with van der Waals surface area (Å²) in [5.41, 5.74) is 2.65. The molecule has 0 spiro atoms. The van der Waals surface area contributed by atoms with Crippen LogP contribution in [0.15, 0.2) is 66.7 Å². The molecule has 0 atom stereocenters. The van der Waals surface area contributed by atoms with Crippen LogP contribution in [0.5, 0.6) is 23.0 Å². The summed E-state index contributed by atoms with van der Waals surface area (Å²) < 4.78 is 22.5. The van der Waals surface area contributed by atoms with Gasteiger partial charge in [-0.3, -0.25) is 4.79 Å². The highest BCUT2D eigenvalue weighted by Gasteiger charge is 2.15. The van der Waals surface area contributed by atoms with Crippen LogP contribution >= 0.6 is 0 Å². The number of hydrogen-bond donors (Lipinski definition) is 0. The monoisotopic (exact) mass is 405 g/mol. The number of para-hydroxylation sites is 1. The molecule has 6 nitrogen and oxygen atoms in total. The summed E-state index contributed by atoms with van der Waals surface area (Å²) in [5.74, 6) is 2.49. The standard InChI is InChI=1S/C24H23NO5/c1-25(19-6-4-3-5-7-19)24(26)16-30-21-13-18(12-20(15-21)27-2)17-8-9-22-23(14-17)29-11-10-28-22/h3-9,12-15H,10-11,16H2,1-2H3. The predicted octanol–water partition coefficient (Wildman–Crippen LogP) is 4.18. The van der Waals surface area contributed by atoms with E-state index < -0.39 is 0 Å². The summed E-state index contributed by atoms with van der Waals surface area (Å²) in [6, 6.07) is 20.8. The van der Waals surface area contributed by atoms with Gasteiger partial charge in [-0.05, 0) is 47.5 Å². The Morgan fingerprint density at radius 1 is 0.900 bits per heavy atom. The third kappa shape index (κ3) is 4.33. The number of methoxy groups -OCH3 is 1. The molecule has 1 heterocycles. The lowest BCUT2D eigenvalue weighted by Crippen LogP contribution is -2.31. The van der Waals surface area contributed by atoms with Crippen LogP contribution < -0.4 is 23.8 Å². The molecule has 1 amide bonds. The van der Waals surface area contributed by atoms with E-state index in [1.807, 2.05) is 60.7 Å². The smallest absolute Gasteiger partial charge is 0.264 e. The lowest BCUT2D eigenvalue weighted by Gasteiger charge is -2.19. The molecule has 154 valence electrons. The quantitative estimate of drug-likeness (QED) is 0.616. The molecular formula is C24H23NO5. The van der Waals surface area contributed by atoms with Gasteiger partial charge in [-0.1, -0.05) is 24.3 Å². The fourth-order valence-electron chi connectivity index (χ4n) is 3.20. The number of benzene rings is 3. The molecule has 0 N–H and O–H groups in total. The highest BCUT2D eigenvalue weighted by atomic mass is 16.6. The molecule has 0 aromatic heterocycles. The second-order valence-electron chi connectivity index (χ2n) is 6.83. The van der Waals surface area contributed by atoms with Crippen molar-refractivity contribution in [3.8, 4) is 34.1 Å². The summed E-state index contributed by atoms with van der Waals surface area (Å²) in [4.78, 5) is 14.1. The molecule has 0 radical (unpaired) electrons. The van der Waals surface area contributed by atoms with E-state index in [9.17, 15) is 4.79 Å². The van der Waals surface area contributed by atoms with Crippen LogP contribution in [0.4, 0.5) is 5.69 Å². The highest BCUT2D eigenvalue weighted by Crippen LogP contribution is 2.37. The fourth-order valence-corrected chi connectivity index (χ4v) is 3.20. The third-order valence-electron chi connectivity index (χ3n) is 4.87. The average molecular weight is 405 g/mol. The van der Waals surface area contributed by atoms with Crippen LogP contribution in [0.3, 0.4) is 0 Å². The lowest BCUT2D eigenvalue weighted by molar-refractivity contribution is -0.120. The molecule has 1 aliphatic rings. The van der Waals surface area contributed by atoms with Crippen LogP contribution in [-0.2, 0) is 4.79 Å². The number of likely N-dealkylation sites (N-methyl/N-ethyl adjacent to an activating group) is 1. The van der Waals surface area contributed by atoms with E-state index in [-0.39, 0.29) is 12.5 Å². The van der Waals surface area contributed by atoms with Crippen molar-refractivity contribution in [2.24, 2.45) is 0 Å². The number of fused-ring (bicyclic) bond motifs is 1. The molecular weight excluding hydrogens is 382 g/mol. The number of hydrogen-bond acceptors (Lipinski definition) is 5. The molecule has 4 rings (SSSR count). The van der Waals surface area contributed by atoms with Crippen molar-refractivity contribution in [2.45, 2.75) is 0 Å². The molecule has 30 heavy (non-hydrogen) atoms. The van der Waals surface area contributed by atoms with E-state index in [0.29, 0.717) is 30.5 Å². The predicted molar refractivity (Wildman–Crippen MR) is 115 cm³/mol. The first-order valence-electron chi connectivity index (χ1n) is 9.67. The van der Waals surface area contributed by atoms with E-state index in [1.165, 1.54) is 0 Å². The van der Waals surface area contributed by atoms with Crippen molar-refractivity contribution >= 4 is 11.6 Å². The van der Waals surface area contributed by atoms with E-state index in [0.717, 1.165) is 22.6 Å². The summed E-state index contributed by atoms with van der Waals surface area (Å²) in [6.45, 7) is 0.994. The number of anilines is 1. The summed E-state index contributed by atoms with van der Waals surface area (Å²) in [5, 5.41) is 0. The largest absolute Gasteiger partial charge is 0.497 e. The van der Waals surface area contributed by atoms with Crippen molar-refractivity contribution in [3.05, 3.63) is 66.7 Å². The molecule has 6 heteroatoms. The van der Waals surface area contributed by atoms with E-state index in [2.05, 4.69) is 0 Å². The Kier molecular flexibility index (Phi) is 5.75. The van der Waals surface area contributed by atoms with Gasteiger partial charge in [0.15, 0.2) is 18.1 Å². The van der Waals surface area contributed by atoms with Crippen LogP contribution in [0, 0.1) is 0 Å². The van der Waals surface area contributed by atoms with E-state index in [1.54, 1.807) is 25.1 Å². The average Bonchev–Trinajstić information content (AvgIpc) is 2.82. The zero-order valence-electron chi connectivity index (χ0n) is 17.0. The summed E-state index contributed by atoms with van der Waals surface area (Å²) >= 11 is 0. The Morgan fingerprint density at radius 3 is 2.40 bits per heavy atom. The zero-order valence-corrected chi connectivity index (χ0v) is 17.0. The Bertz CT molecular complexity index is 1040. The Balaban J connectivity index is 1.52. The zero-order chi connectivity index (χ0) is 20.9. The minimum absolute atomic E-state index is 0.0842. The van der Waals surface area contributed by atoms with Gasteiger partial charge in [0.2, 0.25) is 0 Å². The fraction of sp³-hybridized carbons (Fsp3) is 0.208. The normalized spacial score (nSPS) is 12.2. The molecule has 3 aromatic carbocycles. The number of amides is 1. The van der Waals surface area contributed by atoms with Gasteiger partial charge >= 0.3 is 0 Å². The van der Waals surface area contributed by atoms with Gasteiger partial charge in [-0.15, -0.1) is 0 Å². The molecule has 0 fully saturated rings. The van der Waals surface area contributed by atoms with Crippen LogP contribution in [0.25, 0.3) is 11.1 Å².